The molecule has 0 saturated carbocycles. The van der Waals surface area contributed by atoms with Crippen molar-refractivity contribution in [1.82, 2.24) is 4.57 Å². The Balaban J connectivity index is 2.34. The Morgan fingerprint density at radius 1 is 1.04 bits per heavy atom. The van der Waals surface area contributed by atoms with Gasteiger partial charge in [-0.2, -0.15) is 0 Å². The number of rotatable bonds is 6. The molecule has 5 nitrogen and oxygen atoms in total. The Labute approximate surface area is 154 Å². The van der Waals surface area contributed by atoms with Crippen LogP contribution in [0.15, 0.2) is 12.1 Å². The maximum absolute atomic E-state index is 12.8. The predicted molar refractivity (Wildman–Crippen MR) is 101 cm³/mol. The Morgan fingerprint density at radius 3 is 2.27 bits per heavy atom. The van der Waals surface area contributed by atoms with Crippen LogP contribution in [0.5, 0.6) is 5.75 Å². The number of carbonyl (C=O) groups is 2. The monoisotopic (exact) mass is 357 g/mol. The molecule has 26 heavy (non-hydrogen) atoms. The van der Waals surface area contributed by atoms with Crippen molar-refractivity contribution in [3.8, 4) is 5.75 Å². The van der Waals surface area contributed by atoms with E-state index in [0.29, 0.717) is 29.1 Å². The summed E-state index contributed by atoms with van der Waals surface area (Å²) in [5, 5.41) is 0. The number of methoxy groups -OCH3 is 1. The highest BCUT2D eigenvalue weighted by Crippen LogP contribution is 2.26. The summed E-state index contributed by atoms with van der Waals surface area (Å²) in [4.78, 5) is 25.0. The molecule has 0 unspecified atom stereocenters. The average molecular weight is 357 g/mol. The van der Waals surface area contributed by atoms with Gasteiger partial charge in [0.25, 0.3) is 0 Å². The molecule has 0 fully saturated rings. The summed E-state index contributed by atoms with van der Waals surface area (Å²) in [6, 6.07) is 4.02. The van der Waals surface area contributed by atoms with Crippen molar-refractivity contribution >= 4 is 11.8 Å². The van der Waals surface area contributed by atoms with E-state index in [2.05, 4.69) is 6.07 Å². The number of hydrogen-bond acceptors (Lipinski definition) is 4. The number of aryl methyl sites for hydroxylation is 2. The SMILES string of the molecule is CCn1c(C)c(C(=O)COc2cc(C)cc(C)c2C)c(C)c1C(=O)OC. The second-order valence-corrected chi connectivity index (χ2v) is 6.59. The molecule has 0 N–H and O–H groups in total. The maximum Gasteiger partial charge on any atom is 0.354 e. The van der Waals surface area contributed by atoms with E-state index < -0.39 is 5.97 Å². The normalized spacial score (nSPS) is 10.7. The van der Waals surface area contributed by atoms with Gasteiger partial charge < -0.3 is 14.0 Å². The molecule has 0 aliphatic rings. The highest BCUT2D eigenvalue weighted by atomic mass is 16.5. The van der Waals surface area contributed by atoms with Crippen molar-refractivity contribution in [3.63, 3.8) is 0 Å². The fraction of sp³-hybridized carbons (Fsp3) is 0.429. The highest BCUT2D eigenvalue weighted by molar-refractivity contribution is 6.03. The first-order valence-corrected chi connectivity index (χ1v) is 8.74. The van der Waals surface area contributed by atoms with E-state index in [1.807, 2.05) is 45.3 Å². The largest absolute Gasteiger partial charge is 0.485 e. The summed E-state index contributed by atoms with van der Waals surface area (Å²) in [6.45, 7) is 12.1. The molecule has 140 valence electrons. The Morgan fingerprint density at radius 2 is 1.69 bits per heavy atom. The summed E-state index contributed by atoms with van der Waals surface area (Å²) in [7, 11) is 1.34. The zero-order valence-electron chi connectivity index (χ0n) is 16.6. The van der Waals surface area contributed by atoms with E-state index >= 15 is 0 Å². The molecule has 0 aliphatic carbocycles. The van der Waals surface area contributed by atoms with Crippen LogP contribution < -0.4 is 4.74 Å². The van der Waals surface area contributed by atoms with E-state index in [1.54, 1.807) is 6.92 Å². The minimum absolute atomic E-state index is 0.0697. The molecule has 1 aromatic heterocycles. The quantitative estimate of drug-likeness (QED) is 0.577. The van der Waals surface area contributed by atoms with E-state index in [0.717, 1.165) is 22.4 Å². The van der Waals surface area contributed by atoms with Crippen LogP contribution >= 0.6 is 0 Å². The van der Waals surface area contributed by atoms with Gasteiger partial charge in [0.05, 0.1) is 7.11 Å². The molecular weight excluding hydrogens is 330 g/mol. The van der Waals surface area contributed by atoms with Gasteiger partial charge in [-0.1, -0.05) is 6.07 Å². The zero-order chi connectivity index (χ0) is 19.6. The second kappa shape index (κ2) is 7.77. The lowest BCUT2D eigenvalue weighted by molar-refractivity contribution is 0.0587. The molecule has 5 heteroatoms. The van der Waals surface area contributed by atoms with Crippen LogP contribution in [0.1, 0.15) is 55.7 Å². The van der Waals surface area contributed by atoms with Gasteiger partial charge in [0.1, 0.15) is 11.4 Å². The van der Waals surface area contributed by atoms with E-state index in [9.17, 15) is 9.59 Å². The van der Waals surface area contributed by atoms with Crippen molar-refractivity contribution in [1.29, 1.82) is 0 Å². The average Bonchev–Trinajstić information content (AvgIpc) is 2.85. The third kappa shape index (κ3) is 3.52. The summed E-state index contributed by atoms with van der Waals surface area (Å²) >= 11 is 0. The molecule has 2 aromatic rings. The highest BCUT2D eigenvalue weighted by Gasteiger charge is 2.26. The van der Waals surface area contributed by atoms with Crippen LogP contribution in [0.25, 0.3) is 0 Å². The minimum atomic E-state index is -0.433. The first-order valence-electron chi connectivity index (χ1n) is 8.74. The van der Waals surface area contributed by atoms with Gasteiger partial charge in [0.2, 0.25) is 5.78 Å². The number of Topliss-reactive ketones (excluding diaryl/α,β-unsaturated/α-hetero) is 1. The maximum atomic E-state index is 12.8. The number of ether oxygens (including phenoxy) is 2. The van der Waals surface area contributed by atoms with Crippen molar-refractivity contribution in [2.24, 2.45) is 0 Å². The van der Waals surface area contributed by atoms with E-state index in [4.69, 9.17) is 9.47 Å². The van der Waals surface area contributed by atoms with Gasteiger partial charge in [-0.3, -0.25) is 4.79 Å². The van der Waals surface area contributed by atoms with Crippen molar-refractivity contribution in [2.75, 3.05) is 13.7 Å². The number of nitrogens with zero attached hydrogens (tertiary/aromatic N) is 1. The molecule has 0 amide bonds. The molecule has 0 atom stereocenters. The van der Waals surface area contributed by atoms with E-state index in [-0.39, 0.29) is 12.4 Å². The fourth-order valence-electron chi connectivity index (χ4n) is 3.43. The third-order valence-electron chi connectivity index (χ3n) is 4.86. The summed E-state index contributed by atoms with van der Waals surface area (Å²) in [5.41, 5.74) is 5.61. The van der Waals surface area contributed by atoms with Crippen LogP contribution in [0, 0.1) is 34.6 Å². The van der Waals surface area contributed by atoms with Gasteiger partial charge in [-0.25, -0.2) is 4.79 Å². The van der Waals surface area contributed by atoms with Gasteiger partial charge in [0, 0.05) is 17.8 Å². The summed E-state index contributed by atoms with van der Waals surface area (Å²) in [5.74, 6) is 0.141. The van der Waals surface area contributed by atoms with Crippen molar-refractivity contribution in [3.05, 3.63) is 51.3 Å². The number of esters is 1. The van der Waals surface area contributed by atoms with Gasteiger partial charge >= 0.3 is 5.97 Å². The first-order chi connectivity index (χ1) is 12.2. The lowest BCUT2D eigenvalue weighted by atomic mass is 10.1. The Bertz CT molecular complexity index is 862. The van der Waals surface area contributed by atoms with Crippen LogP contribution in [0.4, 0.5) is 0 Å². The lowest BCUT2D eigenvalue weighted by Crippen LogP contribution is -2.14. The Hall–Kier alpha value is -2.56. The Kier molecular flexibility index (Phi) is 5.90. The topological polar surface area (TPSA) is 57.5 Å². The van der Waals surface area contributed by atoms with Gasteiger partial charge in [-0.05, 0) is 69.9 Å². The van der Waals surface area contributed by atoms with Crippen molar-refractivity contribution in [2.45, 2.75) is 48.1 Å². The molecule has 0 bridgehead atoms. The minimum Gasteiger partial charge on any atom is -0.485 e. The molecule has 0 radical (unpaired) electrons. The number of ketones is 1. The molecule has 0 spiro atoms. The van der Waals surface area contributed by atoms with Crippen LogP contribution in [0.3, 0.4) is 0 Å². The molecule has 0 aliphatic heterocycles. The smallest absolute Gasteiger partial charge is 0.354 e. The number of hydrogen-bond donors (Lipinski definition) is 0. The first kappa shape index (κ1) is 19.8. The summed E-state index contributed by atoms with van der Waals surface area (Å²) in [6.07, 6.45) is 0. The lowest BCUT2D eigenvalue weighted by Gasteiger charge is -2.12. The number of aromatic nitrogens is 1. The molecule has 1 aromatic carbocycles. The van der Waals surface area contributed by atoms with Crippen LogP contribution in [0.2, 0.25) is 0 Å². The molecule has 1 heterocycles. The van der Waals surface area contributed by atoms with Crippen LogP contribution in [-0.2, 0) is 11.3 Å². The van der Waals surface area contributed by atoms with Gasteiger partial charge in [-0.15, -0.1) is 0 Å². The zero-order valence-corrected chi connectivity index (χ0v) is 16.6. The fourth-order valence-corrected chi connectivity index (χ4v) is 3.43. The molecular formula is C21H27NO4. The predicted octanol–water partition coefficient (Wildman–Crippen LogP) is 4.10. The third-order valence-corrected chi connectivity index (χ3v) is 4.86. The van der Waals surface area contributed by atoms with Gasteiger partial charge in [0.15, 0.2) is 6.61 Å². The van der Waals surface area contributed by atoms with E-state index in [1.165, 1.54) is 7.11 Å². The molecule has 2 rings (SSSR count). The van der Waals surface area contributed by atoms with Crippen LogP contribution in [-0.4, -0.2) is 30.0 Å². The summed E-state index contributed by atoms with van der Waals surface area (Å²) < 4.78 is 12.5. The standard InChI is InChI=1S/C21H27NO4/c1-8-22-16(6)19(15(5)20(22)21(24)25-7)17(23)11-26-18-10-12(2)9-13(3)14(18)4/h9-10H,8,11H2,1-7H3. The second-order valence-electron chi connectivity index (χ2n) is 6.59. The van der Waals surface area contributed by atoms with Crippen molar-refractivity contribution < 1.29 is 19.1 Å². The molecule has 0 saturated heterocycles. The number of benzene rings is 1. The number of carbonyl (C=O) groups excluding carboxylic acids is 2.